The number of nitrogens with one attached hydrogen (secondary N) is 1. The highest BCUT2D eigenvalue weighted by Crippen LogP contribution is 2.14. The zero-order valence-corrected chi connectivity index (χ0v) is 14.7. The first-order valence-corrected chi connectivity index (χ1v) is 8.04. The smallest absolute Gasteiger partial charge is 0.254 e. The molecule has 0 aromatic heterocycles. The molecule has 122 valence electrons. The SMILES string of the molecule is O=C(c1cccc(Cl)c1)N1CC[NH+](c2cccc(Cl)c2)CC1.[Cl-]. The average molecular weight is 372 g/mol. The first kappa shape index (κ1) is 18.1. The van der Waals surface area contributed by atoms with Crippen LogP contribution in [0.5, 0.6) is 0 Å². The summed E-state index contributed by atoms with van der Waals surface area (Å²) in [6.07, 6.45) is 0. The van der Waals surface area contributed by atoms with Crippen molar-refractivity contribution in [1.29, 1.82) is 0 Å². The molecule has 0 radical (unpaired) electrons. The summed E-state index contributed by atoms with van der Waals surface area (Å²) in [5.74, 6) is 0.0487. The maximum Gasteiger partial charge on any atom is 0.254 e. The summed E-state index contributed by atoms with van der Waals surface area (Å²) in [7, 11) is 0. The van der Waals surface area contributed by atoms with Crippen molar-refractivity contribution in [2.24, 2.45) is 0 Å². The zero-order valence-electron chi connectivity index (χ0n) is 12.4. The van der Waals surface area contributed by atoms with Crippen molar-refractivity contribution in [2.75, 3.05) is 26.2 Å². The fourth-order valence-electron chi connectivity index (χ4n) is 2.78. The zero-order chi connectivity index (χ0) is 15.5. The van der Waals surface area contributed by atoms with Gasteiger partial charge in [-0.15, -0.1) is 0 Å². The van der Waals surface area contributed by atoms with Crippen LogP contribution in [0.1, 0.15) is 10.4 Å². The lowest BCUT2D eigenvalue weighted by atomic mass is 10.1. The predicted molar refractivity (Wildman–Crippen MR) is 89.2 cm³/mol. The van der Waals surface area contributed by atoms with E-state index < -0.39 is 0 Å². The fourth-order valence-corrected chi connectivity index (χ4v) is 3.16. The van der Waals surface area contributed by atoms with Gasteiger partial charge in [-0.05, 0) is 30.3 Å². The molecule has 2 aromatic carbocycles. The number of amides is 1. The molecule has 1 aliphatic heterocycles. The van der Waals surface area contributed by atoms with Gasteiger partial charge < -0.3 is 17.3 Å². The third-order valence-corrected chi connectivity index (χ3v) is 4.43. The fraction of sp³-hybridized carbons (Fsp3) is 0.235. The van der Waals surface area contributed by atoms with Crippen LogP contribution in [0.3, 0.4) is 0 Å². The number of piperazine rings is 1. The Balaban J connectivity index is 0.00000192. The van der Waals surface area contributed by atoms with E-state index in [1.54, 1.807) is 12.1 Å². The second kappa shape index (κ2) is 8.02. The second-order valence-electron chi connectivity index (χ2n) is 5.42. The minimum atomic E-state index is 0. The molecule has 0 unspecified atom stereocenters. The molecule has 1 saturated heterocycles. The molecule has 1 aliphatic rings. The Morgan fingerprint density at radius 1 is 0.957 bits per heavy atom. The van der Waals surface area contributed by atoms with E-state index in [0.717, 1.165) is 31.2 Å². The standard InChI is InChI=1S/C17H16Cl2N2O.ClH/c18-14-4-1-3-13(11-14)17(22)21-9-7-20(8-10-21)16-6-2-5-15(19)12-16;/h1-6,11-12H,7-10H2;1H. The second-order valence-corrected chi connectivity index (χ2v) is 6.29. The Labute approximate surface area is 152 Å². The van der Waals surface area contributed by atoms with Crippen LogP contribution < -0.4 is 17.3 Å². The lowest BCUT2D eigenvalue weighted by Gasteiger charge is -2.32. The monoisotopic (exact) mass is 370 g/mol. The van der Waals surface area contributed by atoms with Gasteiger partial charge in [-0.1, -0.05) is 35.3 Å². The quantitative estimate of drug-likeness (QED) is 0.768. The Morgan fingerprint density at radius 3 is 2.17 bits per heavy atom. The van der Waals surface area contributed by atoms with Gasteiger partial charge in [-0.2, -0.15) is 0 Å². The number of rotatable bonds is 2. The molecule has 1 N–H and O–H groups in total. The molecule has 3 nitrogen and oxygen atoms in total. The van der Waals surface area contributed by atoms with Gasteiger partial charge in [0.25, 0.3) is 5.91 Å². The van der Waals surface area contributed by atoms with E-state index in [0.29, 0.717) is 10.6 Å². The number of carbonyl (C=O) groups excluding carboxylic acids is 1. The van der Waals surface area contributed by atoms with Crippen LogP contribution in [0.15, 0.2) is 48.5 Å². The first-order chi connectivity index (χ1) is 10.6. The maximum absolute atomic E-state index is 12.5. The van der Waals surface area contributed by atoms with Crippen molar-refractivity contribution in [1.82, 2.24) is 4.90 Å². The summed E-state index contributed by atoms with van der Waals surface area (Å²) in [5.41, 5.74) is 1.83. The van der Waals surface area contributed by atoms with Crippen molar-refractivity contribution >= 4 is 34.8 Å². The number of hydrogen-bond acceptors (Lipinski definition) is 1. The third-order valence-electron chi connectivity index (χ3n) is 3.96. The molecule has 2 aromatic rings. The summed E-state index contributed by atoms with van der Waals surface area (Å²) >= 11 is 12.0. The number of quaternary nitrogens is 1. The molecule has 1 fully saturated rings. The minimum Gasteiger partial charge on any atom is -1.00 e. The summed E-state index contributed by atoms with van der Waals surface area (Å²) in [5, 5.41) is 1.34. The minimum absolute atomic E-state index is 0. The van der Waals surface area contributed by atoms with Crippen LogP contribution in [0, 0.1) is 0 Å². The van der Waals surface area contributed by atoms with Gasteiger partial charge in [-0.25, -0.2) is 0 Å². The van der Waals surface area contributed by atoms with Crippen molar-refractivity contribution in [3.63, 3.8) is 0 Å². The van der Waals surface area contributed by atoms with Gasteiger partial charge in [0.2, 0.25) is 0 Å². The molecular weight excluding hydrogens is 355 g/mol. The van der Waals surface area contributed by atoms with Crippen LogP contribution in [0.2, 0.25) is 10.0 Å². The molecule has 6 heteroatoms. The highest BCUT2D eigenvalue weighted by Gasteiger charge is 2.25. The van der Waals surface area contributed by atoms with E-state index >= 15 is 0 Å². The number of hydrogen-bond donors (Lipinski definition) is 1. The van der Waals surface area contributed by atoms with Crippen molar-refractivity contribution in [3.05, 3.63) is 64.1 Å². The van der Waals surface area contributed by atoms with E-state index in [1.165, 1.54) is 10.6 Å². The van der Waals surface area contributed by atoms with Crippen LogP contribution in [0.25, 0.3) is 0 Å². The predicted octanol–water partition coefficient (Wildman–Crippen LogP) is -0.330. The van der Waals surface area contributed by atoms with E-state index in [9.17, 15) is 4.79 Å². The van der Waals surface area contributed by atoms with Gasteiger partial charge in [0.05, 0.1) is 26.2 Å². The Kier molecular flexibility index (Phi) is 6.31. The lowest BCUT2D eigenvalue weighted by molar-refractivity contribution is -0.837. The highest BCUT2D eigenvalue weighted by atomic mass is 35.5. The maximum atomic E-state index is 12.5. The molecule has 1 amide bonds. The van der Waals surface area contributed by atoms with E-state index in [4.69, 9.17) is 23.2 Å². The summed E-state index contributed by atoms with van der Waals surface area (Å²) in [6.45, 7) is 3.22. The van der Waals surface area contributed by atoms with Crippen molar-refractivity contribution < 1.29 is 22.1 Å². The van der Waals surface area contributed by atoms with E-state index in [-0.39, 0.29) is 18.3 Å². The first-order valence-electron chi connectivity index (χ1n) is 7.29. The highest BCUT2D eigenvalue weighted by molar-refractivity contribution is 6.31. The molecular formula is C17H17Cl3N2O. The van der Waals surface area contributed by atoms with Gasteiger partial charge >= 0.3 is 0 Å². The Bertz CT molecular complexity index is 685. The molecule has 3 rings (SSSR count). The molecule has 0 aliphatic carbocycles. The summed E-state index contributed by atoms with van der Waals surface area (Å²) in [4.78, 5) is 15.7. The molecule has 23 heavy (non-hydrogen) atoms. The van der Waals surface area contributed by atoms with Gasteiger partial charge in [0.1, 0.15) is 5.69 Å². The molecule has 0 spiro atoms. The molecule has 0 atom stereocenters. The summed E-state index contributed by atoms with van der Waals surface area (Å²) in [6, 6.07) is 15.0. The Morgan fingerprint density at radius 2 is 1.57 bits per heavy atom. The largest absolute Gasteiger partial charge is 1.00 e. The molecule has 0 saturated carbocycles. The summed E-state index contributed by atoms with van der Waals surface area (Å²) < 4.78 is 0. The topological polar surface area (TPSA) is 24.8 Å². The van der Waals surface area contributed by atoms with Crippen LogP contribution in [-0.4, -0.2) is 37.0 Å². The van der Waals surface area contributed by atoms with Gasteiger partial charge in [0.15, 0.2) is 0 Å². The van der Waals surface area contributed by atoms with Crippen molar-refractivity contribution in [2.45, 2.75) is 0 Å². The third kappa shape index (κ3) is 4.39. The van der Waals surface area contributed by atoms with E-state index in [2.05, 4.69) is 6.07 Å². The lowest BCUT2D eigenvalue weighted by Crippen LogP contribution is -3.10. The van der Waals surface area contributed by atoms with Crippen LogP contribution in [0.4, 0.5) is 5.69 Å². The number of nitrogens with zero attached hydrogens (tertiary/aromatic N) is 1. The van der Waals surface area contributed by atoms with Crippen LogP contribution >= 0.6 is 23.2 Å². The van der Waals surface area contributed by atoms with Crippen LogP contribution in [-0.2, 0) is 0 Å². The molecule has 0 bridgehead atoms. The van der Waals surface area contributed by atoms with Gasteiger partial charge in [-0.3, -0.25) is 9.69 Å². The number of halogens is 3. The van der Waals surface area contributed by atoms with E-state index in [1.807, 2.05) is 35.2 Å². The Hall–Kier alpha value is -1.26. The van der Waals surface area contributed by atoms with Gasteiger partial charge in [0, 0.05) is 21.7 Å². The molecule has 1 heterocycles. The van der Waals surface area contributed by atoms with Crippen molar-refractivity contribution in [3.8, 4) is 0 Å². The average Bonchev–Trinajstić information content (AvgIpc) is 2.54. The number of carbonyl (C=O) groups is 1. The normalized spacial score (nSPS) is 15.1. The number of benzene rings is 2.